The zero-order valence-corrected chi connectivity index (χ0v) is 8.49. The van der Waals surface area contributed by atoms with Gasteiger partial charge in [0.05, 0.1) is 23.8 Å². The number of pyridine rings is 1. The number of imidazole rings is 1. The Morgan fingerprint density at radius 1 is 1.50 bits per heavy atom. The lowest BCUT2D eigenvalue weighted by Gasteiger charge is -2.04. The van der Waals surface area contributed by atoms with Gasteiger partial charge in [0.2, 0.25) is 0 Å². The van der Waals surface area contributed by atoms with Crippen LogP contribution in [0.2, 0.25) is 0 Å². The van der Waals surface area contributed by atoms with Gasteiger partial charge in [0, 0.05) is 12.7 Å². The van der Waals surface area contributed by atoms with Crippen molar-refractivity contribution in [3.8, 4) is 0 Å². The van der Waals surface area contributed by atoms with E-state index >= 15 is 0 Å². The summed E-state index contributed by atoms with van der Waals surface area (Å²) in [6.07, 6.45) is 3.64. The smallest absolute Gasteiger partial charge is 0.123 e. The number of hydrogen-bond acceptors (Lipinski definition) is 3. The van der Waals surface area contributed by atoms with Crippen LogP contribution >= 0.6 is 0 Å². The molecule has 0 atom stereocenters. The first-order valence-corrected chi connectivity index (χ1v) is 4.80. The highest BCUT2D eigenvalue weighted by Crippen LogP contribution is 2.14. The van der Waals surface area contributed by atoms with Crippen LogP contribution in [0.25, 0.3) is 11.0 Å². The van der Waals surface area contributed by atoms with Gasteiger partial charge in [0.15, 0.2) is 0 Å². The summed E-state index contributed by atoms with van der Waals surface area (Å²) in [6, 6.07) is 1.95. The number of rotatable bonds is 3. The van der Waals surface area contributed by atoms with Crippen molar-refractivity contribution in [3.05, 3.63) is 24.3 Å². The van der Waals surface area contributed by atoms with Crippen molar-refractivity contribution in [2.45, 2.75) is 20.0 Å². The normalized spacial score (nSPS) is 11.0. The third kappa shape index (κ3) is 1.37. The molecule has 0 aromatic carbocycles. The lowest BCUT2D eigenvalue weighted by atomic mass is 10.4. The molecule has 0 aliphatic rings. The van der Waals surface area contributed by atoms with Gasteiger partial charge in [-0.15, -0.1) is 0 Å². The maximum Gasteiger partial charge on any atom is 0.123 e. The molecule has 2 rings (SSSR count). The molecule has 0 unspecified atom stereocenters. The average Bonchev–Trinajstić information content (AvgIpc) is 2.55. The van der Waals surface area contributed by atoms with Crippen molar-refractivity contribution >= 4 is 11.0 Å². The molecular formula is C10H14N4. The van der Waals surface area contributed by atoms with E-state index in [9.17, 15) is 0 Å². The predicted octanol–water partition coefficient (Wildman–Crippen LogP) is 1.17. The van der Waals surface area contributed by atoms with Crippen LogP contribution in [0.15, 0.2) is 18.5 Å². The molecule has 0 saturated carbocycles. The molecule has 74 valence electrons. The summed E-state index contributed by atoms with van der Waals surface area (Å²) < 4.78 is 2.18. The minimum Gasteiger partial charge on any atom is -0.326 e. The van der Waals surface area contributed by atoms with E-state index in [2.05, 4.69) is 26.8 Å². The van der Waals surface area contributed by atoms with Gasteiger partial charge in [-0.3, -0.25) is 4.98 Å². The number of nitrogens with zero attached hydrogens (tertiary/aromatic N) is 3. The molecule has 0 amide bonds. The van der Waals surface area contributed by atoms with E-state index in [1.165, 1.54) is 0 Å². The second kappa shape index (κ2) is 3.75. The number of aromatic nitrogens is 3. The molecular weight excluding hydrogens is 176 g/mol. The van der Waals surface area contributed by atoms with E-state index in [-0.39, 0.29) is 0 Å². The Hall–Kier alpha value is -1.42. The van der Waals surface area contributed by atoms with E-state index in [4.69, 9.17) is 0 Å². The van der Waals surface area contributed by atoms with Crippen molar-refractivity contribution < 1.29 is 0 Å². The Morgan fingerprint density at radius 2 is 2.36 bits per heavy atom. The van der Waals surface area contributed by atoms with Gasteiger partial charge in [0.25, 0.3) is 0 Å². The third-order valence-electron chi connectivity index (χ3n) is 2.28. The van der Waals surface area contributed by atoms with Gasteiger partial charge in [-0.05, 0) is 20.0 Å². The zero-order valence-electron chi connectivity index (χ0n) is 8.49. The molecule has 0 saturated heterocycles. The SMILES string of the molecule is CCn1c(CNC)nc2ccncc21. The molecule has 1 N–H and O–H groups in total. The predicted molar refractivity (Wildman–Crippen MR) is 56.0 cm³/mol. The Balaban J connectivity index is 2.60. The lowest BCUT2D eigenvalue weighted by molar-refractivity contribution is 0.670. The summed E-state index contributed by atoms with van der Waals surface area (Å²) in [6.45, 7) is 3.84. The fourth-order valence-corrected chi connectivity index (χ4v) is 1.67. The Bertz CT molecular complexity index is 433. The monoisotopic (exact) mass is 190 g/mol. The molecule has 0 spiro atoms. The largest absolute Gasteiger partial charge is 0.326 e. The van der Waals surface area contributed by atoms with Gasteiger partial charge in [0.1, 0.15) is 5.82 Å². The minimum atomic E-state index is 0.794. The maximum absolute atomic E-state index is 4.53. The average molecular weight is 190 g/mol. The van der Waals surface area contributed by atoms with Crippen molar-refractivity contribution in [1.29, 1.82) is 0 Å². The van der Waals surface area contributed by atoms with Crippen molar-refractivity contribution in [3.63, 3.8) is 0 Å². The first kappa shape index (κ1) is 9.15. The van der Waals surface area contributed by atoms with Crippen LogP contribution in [0.5, 0.6) is 0 Å². The summed E-state index contributed by atoms with van der Waals surface area (Å²) in [5, 5.41) is 3.12. The van der Waals surface area contributed by atoms with Crippen LogP contribution in [-0.2, 0) is 13.1 Å². The summed E-state index contributed by atoms with van der Waals surface area (Å²) in [7, 11) is 1.93. The van der Waals surface area contributed by atoms with Crippen molar-refractivity contribution in [1.82, 2.24) is 19.9 Å². The quantitative estimate of drug-likeness (QED) is 0.790. The summed E-state index contributed by atoms with van der Waals surface area (Å²) in [4.78, 5) is 8.65. The molecule has 2 aromatic heterocycles. The summed E-state index contributed by atoms with van der Waals surface area (Å²) >= 11 is 0. The highest BCUT2D eigenvalue weighted by atomic mass is 15.1. The topological polar surface area (TPSA) is 42.7 Å². The van der Waals surface area contributed by atoms with Gasteiger partial charge in [-0.25, -0.2) is 4.98 Å². The Kier molecular flexibility index (Phi) is 2.45. The minimum absolute atomic E-state index is 0.794. The van der Waals surface area contributed by atoms with Crippen LogP contribution in [0, 0.1) is 0 Å². The molecule has 2 aromatic rings. The zero-order chi connectivity index (χ0) is 9.97. The van der Waals surface area contributed by atoms with Gasteiger partial charge in [-0.2, -0.15) is 0 Å². The second-order valence-corrected chi connectivity index (χ2v) is 3.17. The number of fused-ring (bicyclic) bond motifs is 1. The fraction of sp³-hybridized carbons (Fsp3) is 0.400. The van der Waals surface area contributed by atoms with Crippen LogP contribution in [0.4, 0.5) is 0 Å². The third-order valence-corrected chi connectivity index (χ3v) is 2.28. The van der Waals surface area contributed by atoms with Gasteiger partial charge in [-0.1, -0.05) is 0 Å². The Morgan fingerprint density at radius 3 is 3.07 bits per heavy atom. The number of hydrogen-bond donors (Lipinski definition) is 1. The van der Waals surface area contributed by atoms with E-state index < -0.39 is 0 Å². The second-order valence-electron chi connectivity index (χ2n) is 3.17. The van der Waals surface area contributed by atoms with Crippen molar-refractivity contribution in [2.75, 3.05) is 7.05 Å². The summed E-state index contributed by atoms with van der Waals surface area (Å²) in [5.74, 6) is 1.07. The molecule has 0 bridgehead atoms. The van der Waals surface area contributed by atoms with Gasteiger partial charge >= 0.3 is 0 Å². The molecule has 0 fully saturated rings. The van der Waals surface area contributed by atoms with Crippen LogP contribution in [0.1, 0.15) is 12.7 Å². The highest BCUT2D eigenvalue weighted by Gasteiger charge is 2.07. The van der Waals surface area contributed by atoms with E-state index in [0.29, 0.717) is 0 Å². The maximum atomic E-state index is 4.53. The fourth-order valence-electron chi connectivity index (χ4n) is 1.67. The van der Waals surface area contributed by atoms with Crippen LogP contribution in [0.3, 0.4) is 0 Å². The molecule has 2 heterocycles. The molecule has 0 aliphatic carbocycles. The molecule has 4 heteroatoms. The first-order valence-electron chi connectivity index (χ1n) is 4.80. The number of aryl methyl sites for hydroxylation is 1. The molecule has 4 nitrogen and oxygen atoms in total. The number of nitrogens with one attached hydrogen (secondary N) is 1. The first-order chi connectivity index (χ1) is 6.86. The Labute approximate surface area is 83.0 Å². The van der Waals surface area contributed by atoms with E-state index in [0.717, 1.165) is 29.9 Å². The van der Waals surface area contributed by atoms with E-state index in [1.54, 1.807) is 6.20 Å². The van der Waals surface area contributed by atoms with Crippen LogP contribution in [-0.4, -0.2) is 21.6 Å². The standard InChI is InChI=1S/C10H14N4/c1-3-14-9-6-12-5-4-8(9)13-10(14)7-11-2/h4-6,11H,3,7H2,1-2H3. The highest BCUT2D eigenvalue weighted by molar-refractivity contribution is 5.74. The van der Waals surface area contributed by atoms with Gasteiger partial charge < -0.3 is 9.88 Å². The van der Waals surface area contributed by atoms with Crippen molar-refractivity contribution in [2.24, 2.45) is 0 Å². The molecule has 14 heavy (non-hydrogen) atoms. The molecule has 0 aliphatic heterocycles. The molecule has 0 radical (unpaired) electrons. The lowest BCUT2D eigenvalue weighted by Crippen LogP contribution is -2.11. The van der Waals surface area contributed by atoms with E-state index in [1.807, 2.05) is 19.3 Å². The summed E-state index contributed by atoms with van der Waals surface area (Å²) in [5.41, 5.74) is 2.13. The van der Waals surface area contributed by atoms with Crippen LogP contribution < -0.4 is 5.32 Å².